The van der Waals surface area contributed by atoms with Crippen molar-refractivity contribution in [2.45, 2.75) is 18.9 Å². The van der Waals surface area contributed by atoms with E-state index in [4.69, 9.17) is 27.9 Å². The molecule has 0 radical (unpaired) electrons. The first kappa shape index (κ1) is 13.7. The van der Waals surface area contributed by atoms with Crippen molar-refractivity contribution in [2.75, 3.05) is 6.61 Å². The van der Waals surface area contributed by atoms with Gasteiger partial charge in [0.2, 0.25) is 0 Å². The van der Waals surface area contributed by atoms with Crippen LogP contribution in [0.15, 0.2) is 36.4 Å². The van der Waals surface area contributed by atoms with Gasteiger partial charge in [-0.25, -0.2) is 0 Å². The molecule has 1 unspecified atom stereocenters. The average Bonchev–Trinajstić information content (AvgIpc) is 2.87. The molecule has 20 heavy (non-hydrogen) atoms. The zero-order chi connectivity index (χ0) is 14.1. The van der Waals surface area contributed by atoms with Crippen molar-refractivity contribution in [1.29, 1.82) is 0 Å². The van der Waals surface area contributed by atoms with Gasteiger partial charge in [0.25, 0.3) is 0 Å². The van der Waals surface area contributed by atoms with Crippen molar-refractivity contribution in [2.24, 2.45) is 0 Å². The van der Waals surface area contributed by atoms with Gasteiger partial charge in [0.1, 0.15) is 5.75 Å². The number of aliphatic hydroxyl groups excluding tert-OH is 1. The fraction of sp³-hybridized carbons (Fsp3) is 0.250. The van der Waals surface area contributed by atoms with E-state index in [0.717, 1.165) is 28.9 Å². The minimum absolute atomic E-state index is 0.477. The Bertz CT molecular complexity index is 623. The fourth-order valence-electron chi connectivity index (χ4n) is 2.51. The molecule has 0 bridgehead atoms. The van der Waals surface area contributed by atoms with Crippen LogP contribution in [0, 0.1) is 0 Å². The number of hydrogen-bond donors (Lipinski definition) is 1. The number of ether oxygens (including phenoxy) is 1. The van der Waals surface area contributed by atoms with Crippen LogP contribution in [0.4, 0.5) is 0 Å². The first-order valence-electron chi connectivity index (χ1n) is 6.51. The number of rotatable bonds is 3. The second-order valence-electron chi connectivity index (χ2n) is 4.92. The highest BCUT2D eigenvalue weighted by Gasteiger charge is 2.20. The van der Waals surface area contributed by atoms with E-state index in [1.165, 1.54) is 0 Å². The van der Waals surface area contributed by atoms with E-state index in [0.29, 0.717) is 23.1 Å². The summed E-state index contributed by atoms with van der Waals surface area (Å²) in [6.45, 7) is 0.680. The summed E-state index contributed by atoms with van der Waals surface area (Å²) in [7, 11) is 0. The van der Waals surface area contributed by atoms with E-state index in [9.17, 15) is 5.11 Å². The zero-order valence-corrected chi connectivity index (χ0v) is 12.3. The molecule has 2 nitrogen and oxygen atoms in total. The van der Waals surface area contributed by atoms with E-state index >= 15 is 0 Å². The monoisotopic (exact) mass is 308 g/mol. The minimum atomic E-state index is -0.598. The summed E-state index contributed by atoms with van der Waals surface area (Å²) < 4.78 is 5.65. The Hall–Kier alpha value is -1.22. The van der Waals surface area contributed by atoms with Crippen LogP contribution in [0.2, 0.25) is 10.0 Å². The molecule has 1 N–H and O–H groups in total. The Morgan fingerprint density at radius 1 is 1.10 bits per heavy atom. The maximum Gasteiger partial charge on any atom is 0.126 e. The van der Waals surface area contributed by atoms with Gasteiger partial charge in [-0.15, -0.1) is 0 Å². The lowest BCUT2D eigenvalue weighted by Crippen LogP contribution is -2.03. The number of halogens is 2. The number of hydrogen-bond acceptors (Lipinski definition) is 2. The van der Waals surface area contributed by atoms with E-state index in [2.05, 4.69) is 0 Å². The van der Waals surface area contributed by atoms with Gasteiger partial charge in [-0.3, -0.25) is 0 Å². The van der Waals surface area contributed by atoms with E-state index in [1.54, 1.807) is 12.1 Å². The van der Waals surface area contributed by atoms with Gasteiger partial charge >= 0.3 is 0 Å². The number of aliphatic hydroxyl groups is 1. The predicted molar refractivity (Wildman–Crippen MR) is 80.8 cm³/mol. The Kier molecular flexibility index (Phi) is 3.88. The van der Waals surface area contributed by atoms with Crippen molar-refractivity contribution in [3.05, 3.63) is 63.1 Å². The van der Waals surface area contributed by atoms with E-state index < -0.39 is 6.10 Å². The molecule has 0 saturated heterocycles. The van der Waals surface area contributed by atoms with Crippen molar-refractivity contribution < 1.29 is 9.84 Å². The lowest BCUT2D eigenvalue weighted by atomic mass is 9.99. The van der Waals surface area contributed by atoms with Crippen molar-refractivity contribution in [3.8, 4) is 5.75 Å². The normalized spacial score (nSPS) is 14.8. The molecule has 2 aromatic carbocycles. The number of benzene rings is 2. The van der Waals surface area contributed by atoms with Crippen molar-refractivity contribution >= 4 is 23.2 Å². The van der Waals surface area contributed by atoms with Crippen LogP contribution >= 0.6 is 23.2 Å². The minimum Gasteiger partial charge on any atom is -0.493 e. The molecular formula is C16H14Cl2O2. The third kappa shape index (κ3) is 2.78. The summed E-state index contributed by atoms with van der Waals surface area (Å²) in [5, 5.41) is 11.7. The maximum atomic E-state index is 10.3. The second kappa shape index (κ2) is 5.65. The van der Waals surface area contributed by atoms with Gasteiger partial charge < -0.3 is 9.84 Å². The van der Waals surface area contributed by atoms with Crippen molar-refractivity contribution in [1.82, 2.24) is 0 Å². The number of fused-ring (bicyclic) bond motifs is 1. The summed E-state index contributed by atoms with van der Waals surface area (Å²) in [5.41, 5.74) is 2.91. The van der Waals surface area contributed by atoms with Gasteiger partial charge in [-0.2, -0.15) is 0 Å². The highest BCUT2D eigenvalue weighted by Crippen LogP contribution is 2.35. The molecule has 104 valence electrons. The van der Waals surface area contributed by atoms with Crippen LogP contribution in [0.3, 0.4) is 0 Å². The predicted octanol–water partition coefficient (Wildman–Crippen LogP) is 4.20. The first-order valence-corrected chi connectivity index (χ1v) is 7.26. The van der Waals surface area contributed by atoms with Gasteiger partial charge in [0.15, 0.2) is 0 Å². The molecule has 0 aliphatic carbocycles. The van der Waals surface area contributed by atoms with Gasteiger partial charge in [-0.05, 0) is 41.0 Å². The fourth-order valence-corrected chi connectivity index (χ4v) is 2.90. The third-order valence-electron chi connectivity index (χ3n) is 3.49. The van der Waals surface area contributed by atoms with Crippen LogP contribution in [0.5, 0.6) is 5.75 Å². The average molecular weight is 309 g/mol. The highest BCUT2D eigenvalue weighted by atomic mass is 35.5. The molecular weight excluding hydrogens is 295 g/mol. The Balaban J connectivity index is 1.86. The van der Waals surface area contributed by atoms with Crippen molar-refractivity contribution in [3.63, 3.8) is 0 Å². The van der Waals surface area contributed by atoms with E-state index in [-0.39, 0.29) is 0 Å². The molecule has 0 amide bonds. The summed E-state index contributed by atoms with van der Waals surface area (Å²) in [6.07, 6.45) is 0.754. The quantitative estimate of drug-likeness (QED) is 0.920. The topological polar surface area (TPSA) is 29.5 Å². The van der Waals surface area contributed by atoms with Crippen LogP contribution in [-0.2, 0) is 12.8 Å². The van der Waals surface area contributed by atoms with E-state index in [1.807, 2.05) is 24.3 Å². The molecule has 0 fully saturated rings. The largest absolute Gasteiger partial charge is 0.493 e. The second-order valence-corrected chi connectivity index (χ2v) is 5.80. The van der Waals surface area contributed by atoms with Gasteiger partial charge in [0.05, 0.1) is 12.7 Å². The molecule has 1 heterocycles. The summed E-state index contributed by atoms with van der Waals surface area (Å²) in [5.74, 6) is 0.877. The van der Waals surface area contributed by atoms with Crippen LogP contribution in [-0.4, -0.2) is 11.7 Å². The lowest BCUT2D eigenvalue weighted by molar-refractivity contribution is 0.177. The molecule has 3 rings (SSSR count). The molecule has 0 spiro atoms. The smallest absolute Gasteiger partial charge is 0.126 e. The summed E-state index contributed by atoms with van der Waals surface area (Å²) in [4.78, 5) is 0. The Morgan fingerprint density at radius 2 is 1.85 bits per heavy atom. The maximum absolute atomic E-state index is 10.3. The summed E-state index contributed by atoms with van der Waals surface area (Å²) >= 11 is 12.0. The lowest BCUT2D eigenvalue weighted by Gasteiger charge is -2.14. The Morgan fingerprint density at radius 3 is 2.60 bits per heavy atom. The molecule has 1 aliphatic heterocycles. The molecule has 1 atom stereocenters. The molecule has 4 heteroatoms. The standard InChI is InChI=1S/C16H14Cl2O2/c17-13-3-1-10(2-4-13)15(19)9-12-8-14(18)7-11-5-6-20-16(11)12/h1-4,7-8,15,19H,5-6,9H2. The zero-order valence-electron chi connectivity index (χ0n) is 10.8. The summed E-state index contributed by atoms with van der Waals surface area (Å²) in [6, 6.07) is 11.0. The molecule has 2 aromatic rings. The first-order chi connectivity index (χ1) is 9.63. The third-order valence-corrected chi connectivity index (χ3v) is 3.96. The molecule has 0 saturated carbocycles. The highest BCUT2D eigenvalue weighted by molar-refractivity contribution is 6.31. The van der Waals surface area contributed by atoms with Crippen LogP contribution < -0.4 is 4.74 Å². The Labute approximate surface area is 127 Å². The molecule has 0 aromatic heterocycles. The molecule has 1 aliphatic rings. The van der Waals surface area contributed by atoms with Crippen LogP contribution in [0.25, 0.3) is 0 Å². The van der Waals surface area contributed by atoms with Crippen LogP contribution in [0.1, 0.15) is 22.8 Å². The SMILES string of the molecule is OC(Cc1cc(Cl)cc2c1OCC2)c1ccc(Cl)cc1. The van der Waals surface area contributed by atoms with Gasteiger partial charge in [-0.1, -0.05) is 35.3 Å². The van der Waals surface area contributed by atoms with Gasteiger partial charge in [0, 0.05) is 22.9 Å².